The Labute approximate surface area is 97.4 Å². The average molecular weight is 222 g/mol. The van der Waals surface area contributed by atoms with Crippen LogP contribution in [0, 0.1) is 10.8 Å². The first-order valence-corrected chi connectivity index (χ1v) is 6.06. The fourth-order valence-electron chi connectivity index (χ4n) is 2.73. The van der Waals surface area contributed by atoms with Crippen LogP contribution in [0.5, 0.6) is 0 Å². The topological polar surface area (TPSA) is 52.0 Å². The minimum Gasteiger partial charge on any atom is -0.445 e. The second-order valence-electron chi connectivity index (χ2n) is 5.92. The summed E-state index contributed by atoms with van der Waals surface area (Å²) in [6.07, 6.45) is 3.69. The van der Waals surface area contributed by atoms with Gasteiger partial charge in [0.2, 0.25) is 0 Å². The highest BCUT2D eigenvalue weighted by Crippen LogP contribution is 2.73. The Morgan fingerprint density at radius 1 is 1.31 bits per heavy atom. The largest absolute Gasteiger partial charge is 0.445 e. The van der Waals surface area contributed by atoms with Crippen LogP contribution in [0.25, 0.3) is 0 Å². The van der Waals surface area contributed by atoms with Crippen LogP contribution in [0.2, 0.25) is 0 Å². The van der Waals surface area contributed by atoms with Crippen LogP contribution < -0.4 is 5.73 Å². The molecule has 0 bridgehead atoms. The van der Waals surface area contributed by atoms with Gasteiger partial charge in [-0.2, -0.15) is 0 Å². The maximum absolute atomic E-state index is 5.81. The van der Waals surface area contributed by atoms with E-state index in [4.69, 9.17) is 10.2 Å². The van der Waals surface area contributed by atoms with Gasteiger partial charge in [0.25, 0.3) is 0 Å². The van der Waals surface area contributed by atoms with E-state index in [9.17, 15) is 0 Å². The van der Waals surface area contributed by atoms with Gasteiger partial charge < -0.3 is 10.2 Å². The Hall–Kier alpha value is -0.830. The van der Waals surface area contributed by atoms with E-state index in [0.29, 0.717) is 23.3 Å². The summed E-state index contributed by atoms with van der Waals surface area (Å²) in [6, 6.07) is 0. The number of rotatable bonds is 4. The smallest absolute Gasteiger partial charge is 0.194 e. The van der Waals surface area contributed by atoms with Gasteiger partial charge in [0.05, 0.1) is 6.20 Å². The summed E-state index contributed by atoms with van der Waals surface area (Å²) in [6.45, 7) is 9.86. The number of aryl methyl sites for hydroxylation is 1. The lowest BCUT2D eigenvalue weighted by molar-refractivity contribution is 0.434. The van der Waals surface area contributed by atoms with Gasteiger partial charge in [0.1, 0.15) is 5.76 Å². The first kappa shape index (κ1) is 11.6. The van der Waals surface area contributed by atoms with Crippen LogP contribution in [0.15, 0.2) is 10.6 Å². The number of hydrogen-bond acceptors (Lipinski definition) is 3. The summed E-state index contributed by atoms with van der Waals surface area (Å²) in [4.78, 5) is 4.32. The van der Waals surface area contributed by atoms with Gasteiger partial charge in [-0.1, -0.05) is 27.7 Å². The standard InChI is InChI=1S/C13H22N2O/c1-12(2)11(13(12,3)4)9-8-15-10(16-9)6-5-7-14/h8,11H,5-7,14H2,1-4H3. The maximum Gasteiger partial charge on any atom is 0.194 e. The molecule has 90 valence electrons. The molecule has 0 aliphatic heterocycles. The molecule has 1 saturated carbocycles. The molecule has 0 atom stereocenters. The molecule has 1 heterocycles. The minimum atomic E-state index is 0.317. The van der Waals surface area contributed by atoms with Crippen molar-refractivity contribution in [1.29, 1.82) is 0 Å². The fourth-order valence-corrected chi connectivity index (χ4v) is 2.73. The quantitative estimate of drug-likeness (QED) is 0.852. The Morgan fingerprint density at radius 3 is 2.44 bits per heavy atom. The van der Waals surface area contributed by atoms with Crippen LogP contribution in [0.1, 0.15) is 51.7 Å². The molecule has 1 aliphatic rings. The molecular weight excluding hydrogens is 200 g/mol. The molecule has 0 spiro atoms. The van der Waals surface area contributed by atoms with Gasteiger partial charge in [0, 0.05) is 12.3 Å². The summed E-state index contributed by atoms with van der Waals surface area (Å²) in [7, 11) is 0. The van der Waals surface area contributed by atoms with E-state index in [1.807, 2.05) is 6.20 Å². The third-order valence-corrected chi connectivity index (χ3v) is 4.47. The van der Waals surface area contributed by atoms with Crippen LogP contribution >= 0.6 is 0 Å². The molecule has 16 heavy (non-hydrogen) atoms. The molecule has 2 N–H and O–H groups in total. The van der Waals surface area contributed by atoms with Gasteiger partial charge in [-0.3, -0.25) is 0 Å². The van der Waals surface area contributed by atoms with E-state index in [0.717, 1.165) is 24.5 Å². The van der Waals surface area contributed by atoms with Crippen LogP contribution in [0.4, 0.5) is 0 Å². The Balaban J connectivity index is 2.10. The summed E-state index contributed by atoms with van der Waals surface area (Å²) in [5.74, 6) is 2.38. The van der Waals surface area contributed by atoms with E-state index in [-0.39, 0.29) is 0 Å². The third kappa shape index (κ3) is 1.58. The van der Waals surface area contributed by atoms with Crippen LogP contribution in [0.3, 0.4) is 0 Å². The lowest BCUT2D eigenvalue weighted by Crippen LogP contribution is -2.00. The number of hydrogen-bond donors (Lipinski definition) is 1. The van der Waals surface area contributed by atoms with Gasteiger partial charge in [0.15, 0.2) is 5.89 Å². The molecule has 0 aromatic carbocycles. The minimum absolute atomic E-state index is 0.317. The zero-order valence-corrected chi connectivity index (χ0v) is 10.7. The highest BCUT2D eigenvalue weighted by atomic mass is 16.4. The van der Waals surface area contributed by atoms with Crippen molar-refractivity contribution >= 4 is 0 Å². The molecule has 0 saturated heterocycles. The molecule has 3 nitrogen and oxygen atoms in total. The molecule has 1 fully saturated rings. The zero-order chi connectivity index (χ0) is 12.0. The van der Waals surface area contributed by atoms with Crippen molar-refractivity contribution in [2.75, 3.05) is 6.54 Å². The van der Waals surface area contributed by atoms with Crippen molar-refractivity contribution in [3.8, 4) is 0 Å². The average Bonchev–Trinajstić information content (AvgIpc) is 2.56. The molecule has 0 amide bonds. The van der Waals surface area contributed by atoms with E-state index in [1.54, 1.807) is 0 Å². The molecule has 0 radical (unpaired) electrons. The predicted molar refractivity (Wildman–Crippen MR) is 64.2 cm³/mol. The Kier molecular flexibility index (Phi) is 2.61. The van der Waals surface area contributed by atoms with Crippen LogP contribution in [-0.4, -0.2) is 11.5 Å². The van der Waals surface area contributed by atoms with Crippen molar-refractivity contribution in [3.63, 3.8) is 0 Å². The lowest BCUT2D eigenvalue weighted by atomic mass is 10.0. The third-order valence-electron chi connectivity index (χ3n) is 4.47. The lowest BCUT2D eigenvalue weighted by Gasteiger charge is -2.03. The maximum atomic E-state index is 5.81. The number of aromatic nitrogens is 1. The molecule has 2 rings (SSSR count). The summed E-state index contributed by atoms with van der Waals surface area (Å²) in [5, 5.41) is 0. The second kappa shape index (κ2) is 3.59. The molecule has 1 aromatic heterocycles. The van der Waals surface area contributed by atoms with E-state index in [1.165, 1.54) is 0 Å². The molecule has 3 heteroatoms. The molecule has 1 aliphatic carbocycles. The number of nitrogens with two attached hydrogens (primary N) is 1. The van der Waals surface area contributed by atoms with Crippen molar-refractivity contribution in [2.24, 2.45) is 16.6 Å². The Bertz CT molecular complexity index is 365. The fraction of sp³-hybridized carbons (Fsp3) is 0.769. The Morgan fingerprint density at radius 2 is 1.94 bits per heavy atom. The molecule has 1 aromatic rings. The summed E-state index contributed by atoms with van der Waals surface area (Å²) >= 11 is 0. The van der Waals surface area contributed by atoms with Gasteiger partial charge in [-0.15, -0.1) is 0 Å². The van der Waals surface area contributed by atoms with Crippen molar-refractivity contribution in [3.05, 3.63) is 17.8 Å². The highest BCUT2D eigenvalue weighted by Gasteiger charge is 2.66. The van der Waals surface area contributed by atoms with E-state index in [2.05, 4.69) is 32.7 Å². The summed E-state index contributed by atoms with van der Waals surface area (Å²) < 4.78 is 5.81. The van der Waals surface area contributed by atoms with Gasteiger partial charge in [-0.25, -0.2) is 4.98 Å². The first-order chi connectivity index (χ1) is 7.41. The van der Waals surface area contributed by atoms with Crippen molar-refractivity contribution in [1.82, 2.24) is 4.98 Å². The zero-order valence-electron chi connectivity index (χ0n) is 10.7. The van der Waals surface area contributed by atoms with Gasteiger partial charge in [-0.05, 0) is 23.8 Å². The number of oxazole rings is 1. The number of nitrogens with zero attached hydrogens (tertiary/aromatic N) is 1. The SMILES string of the molecule is CC1(C)C(c2cnc(CCCN)o2)C1(C)C. The molecule has 0 unspecified atom stereocenters. The first-order valence-electron chi connectivity index (χ1n) is 6.06. The highest BCUT2D eigenvalue weighted by molar-refractivity contribution is 5.27. The van der Waals surface area contributed by atoms with Gasteiger partial charge >= 0.3 is 0 Å². The predicted octanol–water partition coefficient (Wildman–Crippen LogP) is 2.72. The summed E-state index contributed by atoms with van der Waals surface area (Å²) in [5.41, 5.74) is 6.11. The van der Waals surface area contributed by atoms with Crippen molar-refractivity contribution < 1.29 is 4.42 Å². The monoisotopic (exact) mass is 222 g/mol. The normalized spacial score (nSPS) is 22.3. The van der Waals surface area contributed by atoms with Crippen molar-refractivity contribution in [2.45, 2.75) is 46.5 Å². The van der Waals surface area contributed by atoms with E-state index < -0.39 is 0 Å². The van der Waals surface area contributed by atoms with Crippen LogP contribution in [-0.2, 0) is 6.42 Å². The second-order valence-corrected chi connectivity index (χ2v) is 5.92. The van der Waals surface area contributed by atoms with E-state index >= 15 is 0 Å². The molecular formula is C13H22N2O.